The summed E-state index contributed by atoms with van der Waals surface area (Å²) in [4.78, 5) is 11.7. The summed E-state index contributed by atoms with van der Waals surface area (Å²) < 4.78 is 6.29. The Labute approximate surface area is 138 Å². The van der Waals surface area contributed by atoms with Crippen molar-refractivity contribution < 1.29 is 9.53 Å². The van der Waals surface area contributed by atoms with Gasteiger partial charge in [-0.3, -0.25) is 4.79 Å². The average Bonchev–Trinajstić information content (AvgIpc) is 2.39. The highest BCUT2D eigenvalue weighted by molar-refractivity contribution is 9.10. The molecule has 0 saturated carbocycles. The lowest BCUT2D eigenvalue weighted by Gasteiger charge is -2.23. The van der Waals surface area contributed by atoms with E-state index in [1.54, 1.807) is 12.1 Å². The lowest BCUT2D eigenvalue weighted by molar-refractivity contribution is -0.123. The van der Waals surface area contributed by atoms with Crippen LogP contribution in [0.4, 0.5) is 0 Å². The van der Waals surface area contributed by atoms with Crippen molar-refractivity contribution in [1.82, 2.24) is 10.6 Å². The van der Waals surface area contributed by atoms with E-state index in [1.807, 2.05) is 6.07 Å². The second-order valence-electron chi connectivity index (χ2n) is 4.47. The fraction of sp³-hybridized carbons (Fsp3) is 0.462. The molecule has 1 saturated heterocycles. The number of piperidine rings is 1. The summed E-state index contributed by atoms with van der Waals surface area (Å²) in [7, 11) is 0. The van der Waals surface area contributed by atoms with E-state index < -0.39 is 0 Å². The smallest absolute Gasteiger partial charge is 0.258 e. The van der Waals surface area contributed by atoms with Crippen LogP contribution in [0, 0.1) is 0 Å². The molecule has 1 amide bonds. The normalized spacial score (nSPS) is 18.0. The highest BCUT2D eigenvalue weighted by Crippen LogP contribution is 2.27. The molecule has 2 N–H and O–H groups in total. The summed E-state index contributed by atoms with van der Waals surface area (Å²) in [6, 6.07) is 5.50. The summed E-state index contributed by atoms with van der Waals surface area (Å²) in [6.07, 6.45) is 2.10. The molecule has 1 aliphatic rings. The minimum atomic E-state index is -0.118. The van der Waals surface area contributed by atoms with Crippen LogP contribution in [0.5, 0.6) is 5.75 Å². The van der Waals surface area contributed by atoms with E-state index in [0.29, 0.717) is 10.8 Å². The van der Waals surface area contributed by atoms with Crippen LogP contribution in [0.1, 0.15) is 12.8 Å². The van der Waals surface area contributed by atoms with Crippen molar-refractivity contribution in [2.24, 2.45) is 0 Å². The zero-order valence-electron chi connectivity index (χ0n) is 10.8. The van der Waals surface area contributed by atoms with Crippen molar-refractivity contribution in [1.29, 1.82) is 0 Å². The highest BCUT2D eigenvalue weighted by atomic mass is 79.9. The maximum atomic E-state index is 11.7. The summed E-state index contributed by atoms with van der Waals surface area (Å²) in [6.45, 7) is 1.83. The molecule has 1 heterocycles. The standard InChI is InChI=1S/C13H16BrClN2O2.ClH/c14-9-3-4-12(11(15)6-9)19-8-13(18)17-10-2-1-5-16-7-10;/h3-4,6,10,16H,1-2,5,7-8H2,(H,17,18);1H. The molecule has 1 fully saturated rings. The SMILES string of the molecule is Cl.O=C(COc1ccc(Br)cc1Cl)NC1CCCNC1. The minimum Gasteiger partial charge on any atom is -0.482 e. The van der Waals surface area contributed by atoms with Crippen LogP contribution in [-0.2, 0) is 4.79 Å². The molecule has 0 aromatic heterocycles. The third-order valence-corrected chi connectivity index (χ3v) is 3.70. The first-order chi connectivity index (χ1) is 9.15. The number of ether oxygens (including phenoxy) is 1. The van der Waals surface area contributed by atoms with Gasteiger partial charge in [0.1, 0.15) is 5.75 Å². The maximum Gasteiger partial charge on any atom is 0.258 e. The van der Waals surface area contributed by atoms with Crippen LogP contribution in [-0.4, -0.2) is 31.6 Å². The predicted octanol–water partition coefficient (Wildman–Crippen LogP) is 2.77. The number of carbonyl (C=O) groups is 1. The van der Waals surface area contributed by atoms with Crippen LogP contribution in [0.15, 0.2) is 22.7 Å². The largest absolute Gasteiger partial charge is 0.482 e. The quantitative estimate of drug-likeness (QED) is 0.840. The van der Waals surface area contributed by atoms with E-state index in [1.165, 1.54) is 0 Å². The number of halogens is 3. The molecular formula is C13H17BrCl2N2O2. The van der Waals surface area contributed by atoms with Crippen LogP contribution in [0.3, 0.4) is 0 Å². The number of hydrogen-bond acceptors (Lipinski definition) is 3. The van der Waals surface area contributed by atoms with Crippen LogP contribution >= 0.6 is 39.9 Å². The lowest BCUT2D eigenvalue weighted by Crippen LogP contribution is -2.47. The third-order valence-electron chi connectivity index (χ3n) is 2.91. The zero-order chi connectivity index (χ0) is 13.7. The number of nitrogens with one attached hydrogen (secondary N) is 2. The van der Waals surface area contributed by atoms with Gasteiger partial charge in [-0.15, -0.1) is 12.4 Å². The van der Waals surface area contributed by atoms with E-state index in [2.05, 4.69) is 26.6 Å². The molecule has 0 bridgehead atoms. The fourth-order valence-electron chi connectivity index (χ4n) is 1.98. The van der Waals surface area contributed by atoms with E-state index >= 15 is 0 Å². The van der Waals surface area contributed by atoms with Crippen molar-refractivity contribution in [2.45, 2.75) is 18.9 Å². The van der Waals surface area contributed by atoms with E-state index in [-0.39, 0.29) is 31.0 Å². The first-order valence-electron chi connectivity index (χ1n) is 6.23. The molecule has 2 rings (SSSR count). The number of carbonyl (C=O) groups excluding carboxylic acids is 1. The Morgan fingerprint density at radius 1 is 1.55 bits per heavy atom. The number of hydrogen-bond donors (Lipinski definition) is 2. The molecule has 112 valence electrons. The molecule has 20 heavy (non-hydrogen) atoms. The van der Waals surface area contributed by atoms with Crippen molar-refractivity contribution >= 4 is 45.8 Å². The molecule has 4 nitrogen and oxygen atoms in total. The van der Waals surface area contributed by atoms with Crippen LogP contribution in [0.25, 0.3) is 0 Å². The predicted molar refractivity (Wildman–Crippen MR) is 85.9 cm³/mol. The first kappa shape index (κ1) is 17.6. The maximum absolute atomic E-state index is 11.7. The molecule has 0 aliphatic carbocycles. The van der Waals surface area contributed by atoms with Gasteiger partial charge in [0.15, 0.2) is 6.61 Å². The summed E-state index contributed by atoms with van der Waals surface area (Å²) in [5.74, 6) is 0.398. The fourth-order valence-corrected chi connectivity index (χ4v) is 2.71. The Morgan fingerprint density at radius 2 is 2.35 bits per heavy atom. The van der Waals surface area contributed by atoms with Gasteiger partial charge < -0.3 is 15.4 Å². The van der Waals surface area contributed by atoms with Gasteiger partial charge in [0, 0.05) is 17.1 Å². The van der Waals surface area contributed by atoms with Crippen molar-refractivity contribution in [2.75, 3.05) is 19.7 Å². The molecule has 7 heteroatoms. The van der Waals surface area contributed by atoms with Crippen molar-refractivity contribution in [3.05, 3.63) is 27.7 Å². The number of amides is 1. The summed E-state index contributed by atoms with van der Waals surface area (Å²) in [5, 5.41) is 6.68. The molecule has 1 aromatic rings. The van der Waals surface area contributed by atoms with Gasteiger partial charge in [-0.1, -0.05) is 27.5 Å². The van der Waals surface area contributed by atoms with Crippen molar-refractivity contribution in [3.63, 3.8) is 0 Å². The Hall–Kier alpha value is -0.490. The molecule has 1 atom stereocenters. The number of rotatable bonds is 4. The summed E-state index contributed by atoms with van der Waals surface area (Å²) in [5.41, 5.74) is 0. The zero-order valence-corrected chi connectivity index (χ0v) is 14.0. The second-order valence-corrected chi connectivity index (χ2v) is 5.80. The molecule has 1 unspecified atom stereocenters. The van der Waals surface area contributed by atoms with Gasteiger partial charge in [0.25, 0.3) is 5.91 Å². The molecule has 1 aliphatic heterocycles. The Bertz CT molecular complexity index is 454. The van der Waals surface area contributed by atoms with E-state index in [0.717, 1.165) is 30.4 Å². The lowest BCUT2D eigenvalue weighted by atomic mass is 10.1. The van der Waals surface area contributed by atoms with Gasteiger partial charge in [-0.05, 0) is 37.6 Å². The first-order valence-corrected chi connectivity index (χ1v) is 7.40. The van der Waals surface area contributed by atoms with Crippen LogP contribution in [0.2, 0.25) is 5.02 Å². The van der Waals surface area contributed by atoms with Gasteiger partial charge in [0.2, 0.25) is 0 Å². The van der Waals surface area contributed by atoms with E-state index in [9.17, 15) is 4.79 Å². The monoisotopic (exact) mass is 382 g/mol. The second kappa shape index (κ2) is 8.72. The molecular weight excluding hydrogens is 367 g/mol. The topological polar surface area (TPSA) is 50.4 Å². The third kappa shape index (κ3) is 5.48. The van der Waals surface area contributed by atoms with E-state index in [4.69, 9.17) is 16.3 Å². The molecule has 0 radical (unpaired) electrons. The van der Waals surface area contributed by atoms with Gasteiger partial charge >= 0.3 is 0 Å². The Balaban J connectivity index is 0.00000200. The summed E-state index contributed by atoms with van der Waals surface area (Å²) >= 11 is 9.32. The molecule has 0 spiro atoms. The Kier molecular flexibility index (Phi) is 7.66. The molecule has 1 aromatic carbocycles. The average molecular weight is 384 g/mol. The Morgan fingerprint density at radius 3 is 3.00 bits per heavy atom. The number of benzene rings is 1. The highest BCUT2D eigenvalue weighted by Gasteiger charge is 2.15. The van der Waals surface area contributed by atoms with Crippen LogP contribution < -0.4 is 15.4 Å². The van der Waals surface area contributed by atoms with Gasteiger partial charge in [-0.2, -0.15) is 0 Å². The van der Waals surface area contributed by atoms with Gasteiger partial charge in [0.05, 0.1) is 5.02 Å². The minimum absolute atomic E-state index is 0. The van der Waals surface area contributed by atoms with Gasteiger partial charge in [-0.25, -0.2) is 0 Å². The van der Waals surface area contributed by atoms with Crippen molar-refractivity contribution in [3.8, 4) is 5.75 Å².